The van der Waals surface area contributed by atoms with E-state index in [1.54, 1.807) is 30.3 Å². The molecule has 0 radical (unpaired) electrons. The number of benzene rings is 2. The third-order valence-electron chi connectivity index (χ3n) is 3.04. The third-order valence-corrected chi connectivity index (χ3v) is 4.41. The molecule has 0 saturated carbocycles. The van der Waals surface area contributed by atoms with Crippen LogP contribution in [0.4, 0.5) is 5.69 Å². The minimum absolute atomic E-state index is 0.0766. The van der Waals surface area contributed by atoms with Crippen molar-refractivity contribution in [3.8, 4) is 0 Å². The van der Waals surface area contributed by atoms with Gasteiger partial charge in [0.15, 0.2) is 0 Å². The molecule has 21 heavy (non-hydrogen) atoms. The molecular formula is C14H10N2O4S. The summed E-state index contributed by atoms with van der Waals surface area (Å²) in [4.78, 5) is 23.3. The first kappa shape index (κ1) is 13.3. The van der Waals surface area contributed by atoms with Crippen molar-refractivity contribution in [1.29, 1.82) is 0 Å². The van der Waals surface area contributed by atoms with Gasteiger partial charge in [-0.05, 0) is 30.3 Å². The molecule has 6 nitrogen and oxygen atoms in total. The van der Waals surface area contributed by atoms with Crippen molar-refractivity contribution >= 4 is 27.5 Å². The molecule has 1 heterocycles. The smallest absolute Gasteiger partial charge is 0.266 e. The molecule has 106 valence electrons. The van der Waals surface area contributed by atoms with Gasteiger partial charge >= 0.3 is 0 Å². The predicted molar refractivity (Wildman–Crippen MR) is 75.5 cm³/mol. The Kier molecular flexibility index (Phi) is 2.99. The summed E-state index contributed by atoms with van der Waals surface area (Å²) in [5.41, 5.74) is 0.838. The van der Waals surface area contributed by atoms with E-state index >= 15 is 0 Å². The zero-order chi connectivity index (χ0) is 15.0. The lowest BCUT2D eigenvalue weighted by Gasteiger charge is -2.06. The van der Waals surface area contributed by atoms with E-state index in [1.807, 2.05) is 4.72 Å². The lowest BCUT2D eigenvalue weighted by atomic mass is 10.1. The van der Waals surface area contributed by atoms with Gasteiger partial charge in [-0.3, -0.25) is 9.59 Å². The molecule has 2 amide bonds. The number of amides is 2. The van der Waals surface area contributed by atoms with Crippen LogP contribution < -0.4 is 10.0 Å². The molecule has 0 spiro atoms. The number of hydrogen-bond acceptors (Lipinski definition) is 4. The highest BCUT2D eigenvalue weighted by molar-refractivity contribution is 7.90. The maximum Gasteiger partial charge on any atom is 0.266 e. The maximum atomic E-state index is 12.0. The molecule has 1 aliphatic heterocycles. The Labute approximate surface area is 120 Å². The van der Waals surface area contributed by atoms with Crippen LogP contribution in [0.3, 0.4) is 0 Å². The van der Waals surface area contributed by atoms with Gasteiger partial charge in [-0.15, -0.1) is 0 Å². The number of hydrogen-bond donors (Lipinski definition) is 2. The molecular weight excluding hydrogens is 292 g/mol. The molecule has 0 saturated heterocycles. The number of rotatable bonds is 2. The fourth-order valence-electron chi connectivity index (χ4n) is 2.03. The van der Waals surface area contributed by atoms with Gasteiger partial charge in [-0.1, -0.05) is 18.2 Å². The van der Waals surface area contributed by atoms with Gasteiger partial charge in [-0.2, -0.15) is 0 Å². The van der Waals surface area contributed by atoms with E-state index in [2.05, 4.69) is 5.32 Å². The van der Waals surface area contributed by atoms with Gasteiger partial charge in [0.25, 0.3) is 21.8 Å². The predicted octanol–water partition coefficient (Wildman–Crippen LogP) is 1.37. The largest absolute Gasteiger partial charge is 0.322 e. The van der Waals surface area contributed by atoms with Crippen LogP contribution in [-0.2, 0) is 10.0 Å². The molecule has 2 aromatic rings. The first-order chi connectivity index (χ1) is 9.97. The Bertz CT molecular complexity index is 845. The molecule has 0 atom stereocenters. The number of anilines is 1. The van der Waals surface area contributed by atoms with Crippen LogP contribution in [0, 0.1) is 0 Å². The van der Waals surface area contributed by atoms with Crippen molar-refractivity contribution in [3.05, 3.63) is 59.7 Å². The van der Waals surface area contributed by atoms with Gasteiger partial charge in [0, 0.05) is 11.3 Å². The normalized spacial score (nSPS) is 15.1. The second kappa shape index (κ2) is 4.71. The molecule has 0 aromatic heterocycles. The summed E-state index contributed by atoms with van der Waals surface area (Å²) in [7, 11) is -3.83. The van der Waals surface area contributed by atoms with Crippen molar-refractivity contribution < 1.29 is 18.0 Å². The summed E-state index contributed by atoms with van der Waals surface area (Å²) < 4.78 is 25.3. The maximum absolute atomic E-state index is 12.0. The first-order valence-corrected chi connectivity index (χ1v) is 7.53. The Morgan fingerprint density at radius 1 is 1.05 bits per heavy atom. The SMILES string of the molecule is O=C(Nc1ccc2c(c1)S(=O)(=O)NC2=O)c1ccccc1. The lowest BCUT2D eigenvalue weighted by molar-refractivity contribution is 0.0983. The molecule has 0 unspecified atom stereocenters. The van der Waals surface area contributed by atoms with Crippen LogP contribution in [0.2, 0.25) is 0 Å². The van der Waals surface area contributed by atoms with Gasteiger partial charge < -0.3 is 5.32 Å². The second-order valence-electron chi connectivity index (χ2n) is 4.47. The summed E-state index contributed by atoms with van der Waals surface area (Å²) in [5.74, 6) is -1.02. The first-order valence-electron chi connectivity index (χ1n) is 6.05. The molecule has 1 aliphatic rings. The van der Waals surface area contributed by atoms with Gasteiger partial charge in [0.05, 0.1) is 5.56 Å². The third kappa shape index (κ3) is 2.38. The highest BCUT2D eigenvalue weighted by atomic mass is 32.2. The van der Waals surface area contributed by atoms with Crippen molar-refractivity contribution in [3.63, 3.8) is 0 Å². The van der Waals surface area contributed by atoms with Crippen LogP contribution >= 0.6 is 0 Å². The van der Waals surface area contributed by atoms with Crippen LogP contribution in [0.5, 0.6) is 0 Å². The van der Waals surface area contributed by atoms with Crippen molar-refractivity contribution in [2.75, 3.05) is 5.32 Å². The molecule has 0 bridgehead atoms. The van der Waals surface area contributed by atoms with Crippen LogP contribution in [0.15, 0.2) is 53.4 Å². The van der Waals surface area contributed by atoms with Gasteiger partial charge in [-0.25, -0.2) is 13.1 Å². The lowest BCUT2D eigenvalue weighted by Crippen LogP contribution is -2.20. The summed E-state index contributed by atoms with van der Waals surface area (Å²) in [6.45, 7) is 0. The molecule has 2 aromatic carbocycles. The highest BCUT2D eigenvalue weighted by Gasteiger charge is 2.32. The topological polar surface area (TPSA) is 92.3 Å². The summed E-state index contributed by atoms with van der Waals surface area (Å²) in [5, 5.41) is 2.60. The second-order valence-corrected chi connectivity index (χ2v) is 6.12. The number of carbonyl (C=O) groups excluding carboxylic acids is 2. The number of carbonyl (C=O) groups is 2. The number of sulfonamides is 1. The van der Waals surface area contributed by atoms with Crippen molar-refractivity contribution in [2.24, 2.45) is 0 Å². The Morgan fingerprint density at radius 2 is 1.76 bits per heavy atom. The highest BCUT2D eigenvalue weighted by Crippen LogP contribution is 2.25. The minimum atomic E-state index is -3.83. The Hall–Kier alpha value is -2.67. The average Bonchev–Trinajstić information content (AvgIpc) is 2.69. The fourth-order valence-corrected chi connectivity index (χ4v) is 3.23. The molecule has 7 heteroatoms. The van der Waals surface area contributed by atoms with Crippen LogP contribution in [0.1, 0.15) is 20.7 Å². The standard InChI is InChI=1S/C14H10N2O4S/c17-13(9-4-2-1-3-5-9)15-10-6-7-11-12(8-10)21(19,20)16-14(11)18/h1-8H,(H,15,17)(H,16,18). The monoisotopic (exact) mass is 302 g/mol. The Morgan fingerprint density at radius 3 is 2.48 bits per heavy atom. The van der Waals surface area contributed by atoms with E-state index in [4.69, 9.17) is 0 Å². The van der Waals surface area contributed by atoms with E-state index in [0.29, 0.717) is 11.3 Å². The number of fused-ring (bicyclic) bond motifs is 1. The molecule has 2 N–H and O–H groups in total. The summed E-state index contributed by atoms with van der Waals surface area (Å²) >= 11 is 0. The van der Waals surface area contributed by atoms with Gasteiger partial charge in [0.1, 0.15) is 4.90 Å². The van der Waals surface area contributed by atoms with Crippen molar-refractivity contribution in [1.82, 2.24) is 4.72 Å². The van der Waals surface area contributed by atoms with Crippen LogP contribution in [-0.4, -0.2) is 20.2 Å². The van der Waals surface area contributed by atoms with E-state index in [-0.39, 0.29) is 16.4 Å². The minimum Gasteiger partial charge on any atom is -0.322 e. The van der Waals surface area contributed by atoms with Gasteiger partial charge in [0.2, 0.25) is 0 Å². The van der Waals surface area contributed by atoms with Crippen molar-refractivity contribution in [2.45, 2.75) is 4.90 Å². The Balaban J connectivity index is 1.93. The van der Waals surface area contributed by atoms with E-state index in [0.717, 1.165) is 0 Å². The quantitative estimate of drug-likeness (QED) is 0.876. The molecule has 0 fully saturated rings. The van der Waals surface area contributed by atoms with E-state index in [1.165, 1.54) is 18.2 Å². The average molecular weight is 302 g/mol. The zero-order valence-corrected chi connectivity index (χ0v) is 11.5. The molecule has 0 aliphatic carbocycles. The van der Waals surface area contributed by atoms with E-state index in [9.17, 15) is 18.0 Å². The fraction of sp³-hybridized carbons (Fsp3) is 0. The van der Waals surface area contributed by atoms with Crippen LogP contribution in [0.25, 0.3) is 0 Å². The summed E-state index contributed by atoms with van der Waals surface area (Å²) in [6, 6.07) is 12.7. The van der Waals surface area contributed by atoms with E-state index < -0.39 is 15.9 Å². The number of nitrogens with one attached hydrogen (secondary N) is 2. The zero-order valence-electron chi connectivity index (χ0n) is 10.7. The molecule has 3 rings (SSSR count). The summed E-state index contributed by atoms with van der Waals surface area (Å²) in [6.07, 6.45) is 0.